The first-order valence-corrected chi connectivity index (χ1v) is 10.7. The van der Waals surface area contributed by atoms with Gasteiger partial charge in [0.05, 0.1) is 17.1 Å². The van der Waals surface area contributed by atoms with Gasteiger partial charge in [-0.25, -0.2) is 17.1 Å². The lowest BCUT2D eigenvalue weighted by atomic mass is 10.1. The molecule has 6 nitrogen and oxygen atoms in total. The molecule has 29 heavy (non-hydrogen) atoms. The maximum atomic E-state index is 14.0. The number of hydrogen-bond donors (Lipinski definition) is 1. The predicted octanol–water partition coefficient (Wildman–Crippen LogP) is 3.20. The Hall–Kier alpha value is -2.45. The highest BCUT2D eigenvalue weighted by molar-refractivity contribution is 7.89. The number of nitrogens with zero attached hydrogens (tertiary/aromatic N) is 1. The number of benzene rings is 2. The largest absolute Gasteiger partial charge is 0.493 e. The molecule has 8 heteroatoms. The number of hydrogen-bond acceptors (Lipinski definition) is 4. The number of carbonyl (C=O) groups excluding carboxylic acids is 1. The predicted molar refractivity (Wildman–Crippen MR) is 110 cm³/mol. The average Bonchev–Trinajstić information content (AvgIpc) is 2.65. The summed E-state index contributed by atoms with van der Waals surface area (Å²) in [5, 5.41) is 2.60. The van der Waals surface area contributed by atoms with Crippen molar-refractivity contribution >= 4 is 15.9 Å². The molecule has 0 saturated carbocycles. The molecule has 1 N–H and O–H groups in total. The van der Waals surface area contributed by atoms with E-state index in [1.54, 1.807) is 0 Å². The second-order valence-corrected chi connectivity index (χ2v) is 9.24. The highest BCUT2D eigenvalue weighted by Crippen LogP contribution is 2.23. The SMILES string of the molecule is Cc1cc(C)c(C)c(OCCCNC(=O)c2cc(S(=O)(=O)N(C)C)ccc2F)c1. The third-order valence-electron chi connectivity index (χ3n) is 4.59. The van der Waals surface area contributed by atoms with Crippen LogP contribution in [0.1, 0.15) is 33.5 Å². The van der Waals surface area contributed by atoms with E-state index in [0.29, 0.717) is 13.0 Å². The number of nitrogens with one attached hydrogen (secondary N) is 1. The van der Waals surface area contributed by atoms with Crippen LogP contribution in [0.25, 0.3) is 0 Å². The molecule has 158 valence electrons. The minimum absolute atomic E-state index is 0.136. The van der Waals surface area contributed by atoms with Gasteiger partial charge in [-0.1, -0.05) is 6.07 Å². The standard InChI is InChI=1S/C21H27FN2O4S/c1-14-11-15(2)16(3)20(12-14)28-10-6-9-23-21(25)18-13-17(7-8-19(18)22)29(26,27)24(4)5/h7-8,11-13H,6,9-10H2,1-5H3,(H,23,25). The Balaban J connectivity index is 1.95. The summed E-state index contributed by atoms with van der Waals surface area (Å²) >= 11 is 0. The van der Waals surface area contributed by atoms with Crippen molar-refractivity contribution in [1.82, 2.24) is 9.62 Å². The van der Waals surface area contributed by atoms with Crippen molar-refractivity contribution in [3.8, 4) is 5.75 Å². The molecule has 0 aromatic heterocycles. The summed E-state index contributed by atoms with van der Waals surface area (Å²) in [6.07, 6.45) is 0.523. The third-order valence-corrected chi connectivity index (χ3v) is 6.40. The van der Waals surface area contributed by atoms with Gasteiger partial charge in [-0.05, 0) is 68.1 Å². The fourth-order valence-electron chi connectivity index (χ4n) is 2.75. The Kier molecular flexibility index (Phi) is 7.37. The summed E-state index contributed by atoms with van der Waals surface area (Å²) in [5.41, 5.74) is 3.02. The van der Waals surface area contributed by atoms with Crippen LogP contribution in [-0.2, 0) is 10.0 Å². The summed E-state index contributed by atoms with van der Waals surface area (Å²) in [5.74, 6) is -0.635. The van der Waals surface area contributed by atoms with Gasteiger partial charge >= 0.3 is 0 Å². The minimum Gasteiger partial charge on any atom is -0.493 e. The number of carbonyl (C=O) groups is 1. The zero-order chi connectivity index (χ0) is 21.8. The molecule has 1 amide bonds. The molecule has 2 aromatic rings. The van der Waals surface area contributed by atoms with E-state index in [2.05, 4.69) is 11.4 Å². The van der Waals surface area contributed by atoms with Crippen molar-refractivity contribution in [1.29, 1.82) is 0 Å². The molecule has 0 aliphatic rings. The number of amides is 1. The molecule has 0 aliphatic heterocycles. The van der Waals surface area contributed by atoms with Crippen molar-refractivity contribution in [2.75, 3.05) is 27.2 Å². The number of aryl methyl sites for hydroxylation is 2. The van der Waals surface area contributed by atoms with Crippen LogP contribution < -0.4 is 10.1 Å². The molecule has 2 rings (SSSR count). The van der Waals surface area contributed by atoms with Gasteiger partial charge in [0.25, 0.3) is 5.91 Å². The summed E-state index contributed by atoms with van der Waals surface area (Å²) in [6.45, 7) is 6.67. The summed E-state index contributed by atoms with van der Waals surface area (Å²) in [4.78, 5) is 12.2. The Morgan fingerprint density at radius 3 is 2.48 bits per heavy atom. The molecule has 0 unspecified atom stereocenters. The van der Waals surface area contributed by atoms with Crippen molar-refractivity contribution in [2.24, 2.45) is 0 Å². The Bertz CT molecular complexity index is 1000. The van der Waals surface area contributed by atoms with E-state index in [1.165, 1.54) is 14.1 Å². The van der Waals surface area contributed by atoms with Gasteiger partial charge in [-0.15, -0.1) is 0 Å². The summed E-state index contributed by atoms with van der Waals surface area (Å²) in [7, 11) is -1.01. The molecule has 0 saturated heterocycles. The van der Waals surface area contributed by atoms with Gasteiger partial charge in [-0.3, -0.25) is 4.79 Å². The van der Waals surface area contributed by atoms with Gasteiger partial charge in [-0.2, -0.15) is 0 Å². The molecular formula is C21H27FN2O4S. The van der Waals surface area contributed by atoms with Crippen LogP contribution in [0.15, 0.2) is 35.2 Å². The zero-order valence-corrected chi connectivity index (χ0v) is 18.2. The molecule has 0 bridgehead atoms. The maximum Gasteiger partial charge on any atom is 0.254 e. The molecule has 0 spiro atoms. The second-order valence-electron chi connectivity index (χ2n) is 7.09. The van der Waals surface area contributed by atoms with Crippen molar-refractivity contribution in [3.63, 3.8) is 0 Å². The van der Waals surface area contributed by atoms with Gasteiger partial charge in [0, 0.05) is 20.6 Å². The van der Waals surface area contributed by atoms with Gasteiger partial charge in [0.2, 0.25) is 10.0 Å². The summed E-state index contributed by atoms with van der Waals surface area (Å²) in [6, 6.07) is 7.22. The monoisotopic (exact) mass is 422 g/mol. The summed E-state index contributed by atoms with van der Waals surface area (Å²) < 4.78 is 45.2. The lowest BCUT2D eigenvalue weighted by Crippen LogP contribution is -2.27. The Labute approximate surface area is 171 Å². The van der Waals surface area contributed by atoms with Gasteiger partial charge in [0.1, 0.15) is 11.6 Å². The first-order valence-electron chi connectivity index (χ1n) is 9.25. The highest BCUT2D eigenvalue weighted by Gasteiger charge is 2.21. The molecular weight excluding hydrogens is 395 g/mol. The fraction of sp³-hybridized carbons (Fsp3) is 0.381. The first-order chi connectivity index (χ1) is 13.5. The van der Waals surface area contributed by atoms with Crippen molar-refractivity contribution in [2.45, 2.75) is 32.1 Å². The highest BCUT2D eigenvalue weighted by atomic mass is 32.2. The molecule has 0 aliphatic carbocycles. The first kappa shape index (κ1) is 22.8. The quantitative estimate of drug-likeness (QED) is 0.663. The Morgan fingerprint density at radius 2 is 1.83 bits per heavy atom. The van der Waals surface area contributed by atoms with Gasteiger partial charge in [0.15, 0.2) is 0 Å². The number of sulfonamides is 1. The van der Waals surface area contributed by atoms with Crippen LogP contribution in [0.5, 0.6) is 5.75 Å². The van der Waals surface area contributed by atoms with Crippen LogP contribution >= 0.6 is 0 Å². The molecule has 0 heterocycles. The van der Waals surface area contributed by atoms with Crippen molar-refractivity contribution in [3.05, 3.63) is 58.4 Å². The number of ether oxygens (including phenoxy) is 1. The van der Waals surface area contributed by atoms with Crippen LogP contribution in [-0.4, -0.2) is 45.9 Å². The van der Waals surface area contributed by atoms with E-state index < -0.39 is 21.7 Å². The maximum absolute atomic E-state index is 14.0. The molecule has 0 radical (unpaired) electrons. The van der Waals surface area contributed by atoms with Crippen LogP contribution in [0, 0.1) is 26.6 Å². The van der Waals surface area contributed by atoms with E-state index in [-0.39, 0.29) is 17.0 Å². The average molecular weight is 423 g/mol. The van der Waals surface area contributed by atoms with E-state index >= 15 is 0 Å². The lowest BCUT2D eigenvalue weighted by molar-refractivity contribution is 0.0947. The van der Waals surface area contributed by atoms with Gasteiger partial charge < -0.3 is 10.1 Å². The molecule has 2 aromatic carbocycles. The van der Waals surface area contributed by atoms with Crippen LogP contribution in [0.4, 0.5) is 4.39 Å². The topological polar surface area (TPSA) is 75.7 Å². The second kappa shape index (κ2) is 9.37. The molecule has 0 atom stereocenters. The minimum atomic E-state index is -3.75. The smallest absolute Gasteiger partial charge is 0.254 e. The van der Waals surface area contributed by atoms with E-state index in [4.69, 9.17) is 4.74 Å². The van der Waals surface area contributed by atoms with E-state index in [0.717, 1.165) is 44.9 Å². The number of rotatable bonds is 8. The molecule has 0 fully saturated rings. The normalized spacial score (nSPS) is 11.6. The number of halogens is 1. The lowest BCUT2D eigenvalue weighted by Gasteiger charge is -2.14. The van der Waals surface area contributed by atoms with Crippen LogP contribution in [0.2, 0.25) is 0 Å². The fourth-order valence-corrected chi connectivity index (χ4v) is 3.68. The third kappa shape index (κ3) is 5.55. The van der Waals surface area contributed by atoms with Crippen molar-refractivity contribution < 1.29 is 22.3 Å². The van der Waals surface area contributed by atoms with E-state index in [9.17, 15) is 17.6 Å². The van der Waals surface area contributed by atoms with Crippen LogP contribution in [0.3, 0.4) is 0 Å². The Morgan fingerprint density at radius 1 is 1.14 bits per heavy atom. The van der Waals surface area contributed by atoms with E-state index in [1.807, 2.05) is 26.8 Å². The zero-order valence-electron chi connectivity index (χ0n) is 17.4.